The van der Waals surface area contributed by atoms with Crippen molar-refractivity contribution in [2.24, 2.45) is 0 Å². The average Bonchev–Trinajstić information content (AvgIpc) is 2.62. The van der Waals surface area contributed by atoms with Gasteiger partial charge < -0.3 is 14.4 Å². The zero-order chi connectivity index (χ0) is 11.3. The highest BCUT2D eigenvalue weighted by Crippen LogP contribution is 2.21. The van der Waals surface area contributed by atoms with E-state index in [1.54, 1.807) is 14.2 Å². The van der Waals surface area contributed by atoms with E-state index in [0.717, 1.165) is 12.8 Å². The van der Waals surface area contributed by atoms with Gasteiger partial charge in [-0.3, -0.25) is 4.79 Å². The van der Waals surface area contributed by atoms with Gasteiger partial charge in [0.15, 0.2) is 0 Å². The highest BCUT2D eigenvalue weighted by molar-refractivity contribution is 5.76. The molecule has 0 aromatic carbocycles. The predicted octanol–water partition coefficient (Wildman–Crippen LogP) is 1.05. The van der Waals surface area contributed by atoms with Crippen LogP contribution in [0.25, 0.3) is 0 Å². The largest absolute Gasteiger partial charge is 0.383 e. The van der Waals surface area contributed by atoms with Crippen molar-refractivity contribution in [3.63, 3.8) is 0 Å². The van der Waals surface area contributed by atoms with E-state index in [9.17, 15) is 4.79 Å². The normalized spacial score (nSPS) is 25.9. The van der Waals surface area contributed by atoms with Crippen molar-refractivity contribution in [3.8, 4) is 0 Å². The summed E-state index contributed by atoms with van der Waals surface area (Å²) in [6.07, 6.45) is 2.58. The average molecular weight is 215 g/mol. The topological polar surface area (TPSA) is 38.8 Å². The number of methoxy groups -OCH3 is 2. The molecule has 0 spiro atoms. The number of ether oxygens (including phenoxy) is 2. The molecule has 1 heterocycles. The van der Waals surface area contributed by atoms with Gasteiger partial charge >= 0.3 is 0 Å². The Kier molecular flexibility index (Phi) is 5.05. The third-order valence-corrected chi connectivity index (χ3v) is 2.85. The van der Waals surface area contributed by atoms with E-state index in [0.29, 0.717) is 19.6 Å². The Labute approximate surface area is 91.5 Å². The summed E-state index contributed by atoms with van der Waals surface area (Å²) in [7, 11) is 3.37. The summed E-state index contributed by atoms with van der Waals surface area (Å²) in [5.41, 5.74) is 0. The summed E-state index contributed by atoms with van der Waals surface area (Å²) in [6.45, 7) is 3.34. The van der Waals surface area contributed by atoms with Crippen LogP contribution in [0.1, 0.15) is 26.2 Å². The van der Waals surface area contributed by atoms with Crippen LogP contribution in [0.15, 0.2) is 0 Å². The molecular weight excluding hydrogens is 194 g/mol. The predicted molar refractivity (Wildman–Crippen MR) is 57.7 cm³/mol. The first-order chi connectivity index (χ1) is 7.22. The Morgan fingerprint density at radius 3 is 2.73 bits per heavy atom. The third kappa shape index (κ3) is 3.18. The lowest BCUT2D eigenvalue weighted by atomic mass is 10.2. The van der Waals surface area contributed by atoms with Crippen molar-refractivity contribution in [2.75, 3.05) is 27.4 Å². The Hall–Kier alpha value is -0.610. The maximum atomic E-state index is 11.8. The fourth-order valence-electron chi connectivity index (χ4n) is 2.06. The summed E-state index contributed by atoms with van der Waals surface area (Å²) < 4.78 is 10.4. The molecule has 0 aromatic heterocycles. The van der Waals surface area contributed by atoms with Gasteiger partial charge in [-0.05, 0) is 12.8 Å². The molecular formula is C11H21NO3. The molecule has 1 saturated heterocycles. The molecule has 1 amide bonds. The smallest absolute Gasteiger partial charge is 0.222 e. The van der Waals surface area contributed by atoms with Gasteiger partial charge in [-0.1, -0.05) is 6.92 Å². The molecule has 1 rings (SSSR count). The van der Waals surface area contributed by atoms with Gasteiger partial charge in [-0.15, -0.1) is 0 Å². The van der Waals surface area contributed by atoms with Gasteiger partial charge in [0.05, 0.1) is 18.8 Å². The lowest BCUT2D eigenvalue weighted by Crippen LogP contribution is -2.38. The molecule has 1 fully saturated rings. The fraction of sp³-hybridized carbons (Fsp3) is 0.909. The van der Waals surface area contributed by atoms with Crippen molar-refractivity contribution in [2.45, 2.75) is 38.3 Å². The quantitative estimate of drug-likeness (QED) is 0.688. The van der Waals surface area contributed by atoms with E-state index in [2.05, 4.69) is 0 Å². The molecule has 0 N–H and O–H groups in total. The molecule has 1 aliphatic heterocycles. The first-order valence-corrected chi connectivity index (χ1v) is 5.54. The number of nitrogens with zero attached hydrogens (tertiary/aromatic N) is 1. The molecule has 0 radical (unpaired) electrons. The number of rotatable bonds is 5. The van der Waals surface area contributed by atoms with Crippen molar-refractivity contribution in [1.82, 2.24) is 4.90 Å². The van der Waals surface area contributed by atoms with Gasteiger partial charge in [0, 0.05) is 27.2 Å². The van der Waals surface area contributed by atoms with Gasteiger partial charge in [0.2, 0.25) is 5.91 Å². The van der Waals surface area contributed by atoms with Crippen molar-refractivity contribution < 1.29 is 14.3 Å². The first-order valence-electron chi connectivity index (χ1n) is 5.54. The SMILES string of the molecule is CCCC(=O)N1C[C@H](OC)C[C@H]1COC. The van der Waals surface area contributed by atoms with Crippen molar-refractivity contribution in [3.05, 3.63) is 0 Å². The number of likely N-dealkylation sites (tertiary alicyclic amines) is 1. The highest BCUT2D eigenvalue weighted by atomic mass is 16.5. The van der Waals surface area contributed by atoms with Crippen LogP contribution >= 0.6 is 0 Å². The van der Waals surface area contributed by atoms with Crippen LogP contribution in [0, 0.1) is 0 Å². The molecule has 0 bridgehead atoms. The molecule has 0 aromatic rings. The van der Waals surface area contributed by atoms with E-state index < -0.39 is 0 Å². The third-order valence-electron chi connectivity index (χ3n) is 2.85. The van der Waals surface area contributed by atoms with Gasteiger partial charge in [-0.25, -0.2) is 0 Å². The van der Waals surface area contributed by atoms with Crippen LogP contribution in [-0.2, 0) is 14.3 Å². The Morgan fingerprint density at radius 2 is 2.20 bits per heavy atom. The maximum Gasteiger partial charge on any atom is 0.222 e. The summed E-state index contributed by atoms with van der Waals surface area (Å²) in [4.78, 5) is 13.7. The number of carbonyl (C=O) groups is 1. The number of carbonyl (C=O) groups excluding carboxylic acids is 1. The zero-order valence-corrected chi connectivity index (χ0v) is 9.86. The second-order valence-corrected chi connectivity index (χ2v) is 4.00. The number of hydrogen-bond acceptors (Lipinski definition) is 3. The lowest BCUT2D eigenvalue weighted by Gasteiger charge is -2.23. The first kappa shape index (κ1) is 12.5. The summed E-state index contributed by atoms with van der Waals surface area (Å²) >= 11 is 0. The van der Waals surface area contributed by atoms with E-state index in [1.165, 1.54) is 0 Å². The molecule has 4 heteroatoms. The van der Waals surface area contributed by atoms with Crippen molar-refractivity contribution >= 4 is 5.91 Å². The minimum Gasteiger partial charge on any atom is -0.383 e. The molecule has 4 nitrogen and oxygen atoms in total. The number of amides is 1. The molecule has 15 heavy (non-hydrogen) atoms. The highest BCUT2D eigenvalue weighted by Gasteiger charge is 2.34. The summed E-state index contributed by atoms with van der Waals surface area (Å²) in [5, 5.41) is 0. The Bertz CT molecular complexity index is 208. The van der Waals surface area contributed by atoms with Gasteiger partial charge in [0.1, 0.15) is 0 Å². The van der Waals surface area contributed by atoms with Crippen LogP contribution in [-0.4, -0.2) is 50.3 Å². The maximum absolute atomic E-state index is 11.8. The van der Waals surface area contributed by atoms with Gasteiger partial charge in [-0.2, -0.15) is 0 Å². The van der Waals surface area contributed by atoms with Crippen LogP contribution < -0.4 is 0 Å². The van der Waals surface area contributed by atoms with E-state index in [4.69, 9.17) is 9.47 Å². The van der Waals surface area contributed by atoms with Gasteiger partial charge in [0.25, 0.3) is 0 Å². The second kappa shape index (κ2) is 6.08. The molecule has 88 valence electrons. The standard InChI is InChI=1S/C11H21NO3/c1-4-5-11(13)12-7-10(15-3)6-9(12)8-14-2/h9-10H,4-8H2,1-3H3/t9-,10+/m0/s1. The molecule has 2 atom stereocenters. The van der Waals surface area contributed by atoms with Crippen LogP contribution in [0.3, 0.4) is 0 Å². The summed E-state index contributed by atoms with van der Waals surface area (Å²) in [5.74, 6) is 0.221. The van der Waals surface area contributed by atoms with E-state index >= 15 is 0 Å². The van der Waals surface area contributed by atoms with E-state index in [-0.39, 0.29) is 18.1 Å². The molecule has 1 aliphatic rings. The molecule has 0 unspecified atom stereocenters. The monoisotopic (exact) mass is 215 g/mol. The second-order valence-electron chi connectivity index (χ2n) is 4.00. The van der Waals surface area contributed by atoms with Crippen molar-refractivity contribution in [1.29, 1.82) is 0 Å². The van der Waals surface area contributed by atoms with E-state index in [1.807, 2.05) is 11.8 Å². The fourth-order valence-corrected chi connectivity index (χ4v) is 2.06. The van der Waals surface area contributed by atoms with Crippen LogP contribution in [0.2, 0.25) is 0 Å². The Balaban J connectivity index is 2.55. The van der Waals surface area contributed by atoms with Crippen LogP contribution in [0.5, 0.6) is 0 Å². The summed E-state index contributed by atoms with van der Waals surface area (Å²) in [6, 6.07) is 0.194. The minimum atomic E-state index is 0.172. The zero-order valence-electron chi connectivity index (χ0n) is 9.86. The molecule has 0 aliphatic carbocycles. The van der Waals surface area contributed by atoms with Crippen LogP contribution in [0.4, 0.5) is 0 Å². The lowest BCUT2D eigenvalue weighted by molar-refractivity contribution is -0.133. The number of hydrogen-bond donors (Lipinski definition) is 0. The molecule has 0 saturated carbocycles. The minimum absolute atomic E-state index is 0.172. The Morgan fingerprint density at radius 1 is 1.47 bits per heavy atom.